The molecule has 0 bridgehead atoms. The Morgan fingerprint density at radius 2 is 1.96 bits per heavy atom. The highest BCUT2D eigenvalue weighted by atomic mass is 32.1. The Morgan fingerprint density at radius 3 is 2.67 bits per heavy atom. The van der Waals surface area contributed by atoms with Gasteiger partial charge in [0.2, 0.25) is 0 Å². The van der Waals surface area contributed by atoms with Crippen LogP contribution >= 0.6 is 22.7 Å². The molecular formula is C18H18N2O2S2. The maximum absolute atomic E-state index is 12.2. The first-order chi connectivity index (χ1) is 11.8. The van der Waals surface area contributed by atoms with Gasteiger partial charge in [0.15, 0.2) is 0 Å². The fourth-order valence-electron chi connectivity index (χ4n) is 2.25. The molecule has 2 aromatic heterocycles. The molecule has 0 aliphatic heterocycles. The molecule has 1 atom stereocenters. The molecule has 0 saturated heterocycles. The van der Waals surface area contributed by atoms with Crippen LogP contribution in [-0.4, -0.2) is 19.2 Å². The Bertz CT molecular complexity index is 693. The summed E-state index contributed by atoms with van der Waals surface area (Å²) in [6, 6.07) is 15.3. The Kier molecular flexibility index (Phi) is 5.87. The van der Waals surface area contributed by atoms with E-state index in [-0.39, 0.29) is 12.1 Å². The Hall–Kier alpha value is -2.31. The molecule has 2 heterocycles. The molecule has 0 aliphatic carbocycles. The molecule has 0 spiro atoms. The lowest BCUT2D eigenvalue weighted by molar-refractivity contribution is 0.234. The monoisotopic (exact) mass is 358 g/mol. The molecule has 0 aliphatic rings. The molecule has 124 valence electrons. The van der Waals surface area contributed by atoms with Crippen LogP contribution in [0.1, 0.15) is 16.5 Å². The largest absolute Gasteiger partial charge is 0.492 e. The van der Waals surface area contributed by atoms with Crippen molar-refractivity contribution in [2.45, 2.75) is 6.04 Å². The molecule has 0 fully saturated rings. The number of ether oxygens (including phenoxy) is 1. The maximum Gasteiger partial charge on any atom is 0.315 e. The summed E-state index contributed by atoms with van der Waals surface area (Å²) in [5.74, 6) is 0.800. The molecule has 0 saturated carbocycles. The summed E-state index contributed by atoms with van der Waals surface area (Å²) in [7, 11) is 0. The number of rotatable bonds is 7. The van der Waals surface area contributed by atoms with Gasteiger partial charge in [0, 0.05) is 4.88 Å². The van der Waals surface area contributed by atoms with Crippen LogP contribution < -0.4 is 15.4 Å². The molecule has 6 heteroatoms. The van der Waals surface area contributed by atoms with Gasteiger partial charge < -0.3 is 15.4 Å². The molecule has 0 unspecified atom stereocenters. The maximum atomic E-state index is 12.2. The number of urea groups is 1. The summed E-state index contributed by atoms with van der Waals surface area (Å²) in [6.45, 7) is 0.876. The summed E-state index contributed by atoms with van der Waals surface area (Å²) in [4.78, 5) is 13.3. The van der Waals surface area contributed by atoms with Crippen LogP contribution in [0.2, 0.25) is 0 Å². The normalized spacial score (nSPS) is 11.7. The van der Waals surface area contributed by atoms with Crippen LogP contribution in [0, 0.1) is 0 Å². The van der Waals surface area contributed by atoms with E-state index in [4.69, 9.17) is 4.74 Å². The minimum absolute atomic E-state index is 0.119. The van der Waals surface area contributed by atoms with Gasteiger partial charge in [0.05, 0.1) is 12.6 Å². The number of hydrogen-bond donors (Lipinski definition) is 2. The van der Waals surface area contributed by atoms with Gasteiger partial charge in [0.25, 0.3) is 0 Å². The Balaban J connectivity index is 1.49. The molecule has 3 rings (SSSR count). The number of para-hydroxylation sites is 1. The van der Waals surface area contributed by atoms with E-state index in [1.54, 1.807) is 22.7 Å². The van der Waals surface area contributed by atoms with E-state index in [1.807, 2.05) is 59.3 Å². The topological polar surface area (TPSA) is 50.4 Å². The SMILES string of the molecule is O=C(NCCOc1ccccc1)N[C@@H](c1ccsc1)c1cccs1. The molecule has 3 aromatic rings. The van der Waals surface area contributed by atoms with Crippen molar-refractivity contribution in [3.63, 3.8) is 0 Å². The average molecular weight is 358 g/mol. The highest BCUT2D eigenvalue weighted by molar-refractivity contribution is 7.10. The van der Waals surface area contributed by atoms with E-state index in [0.29, 0.717) is 13.2 Å². The van der Waals surface area contributed by atoms with Crippen molar-refractivity contribution >= 4 is 28.7 Å². The zero-order valence-corrected chi connectivity index (χ0v) is 14.6. The van der Waals surface area contributed by atoms with Crippen LogP contribution in [0.3, 0.4) is 0 Å². The van der Waals surface area contributed by atoms with Crippen molar-refractivity contribution < 1.29 is 9.53 Å². The van der Waals surface area contributed by atoms with Gasteiger partial charge >= 0.3 is 6.03 Å². The zero-order chi connectivity index (χ0) is 16.6. The first-order valence-corrected chi connectivity index (χ1v) is 9.43. The van der Waals surface area contributed by atoms with Crippen molar-refractivity contribution in [1.82, 2.24) is 10.6 Å². The molecule has 0 radical (unpaired) electrons. The predicted molar refractivity (Wildman–Crippen MR) is 99.0 cm³/mol. The highest BCUT2D eigenvalue weighted by Crippen LogP contribution is 2.27. The second kappa shape index (κ2) is 8.52. The molecule has 2 amide bonds. The number of carbonyl (C=O) groups excluding carboxylic acids is 1. The van der Waals surface area contributed by atoms with Crippen LogP contribution in [-0.2, 0) is 0 Å². The molecular weight excluding hydrogens is 340 g/mol. The number of amides is 2. The summed E-state index contributed by atoms with van der Waals surface area (Å²) < 4.78 is 5.57. The first-order valence-electron chi connectivity index (χ1n) is 7.60. The van der Waals surface area contributed by atoms with E-state index in [9.17, 15) is 4.79 Å². The van der Waals surface area contributed by atoms with Gasteiger partial charge in [0.1, 0.15) is 12.4 Å². The van der Waals surface area contributed by atoms with E-state index < -0.39 is 0 Å². The average Bonchev–Trinajstić information content (AvgIpc) is 3.31. The third-order valence-electron chi connectivity index (χ3n) is 3.38. The van der Waals surface area contributed by atoms with Crippen LogP contribution in [0.25, 0.3) is 0 Å². The Morgan fingerprint density at radius 1 is 1.08 bits per heavy atom. The Labute approximate surface area is 149 Å². The second-order valence-corrected chi connectivity index (χ2v) is 6.83. The number of thiophene rings is 2. The van der Waals surface area contributed by atoms with Crippen molar-refractivity contribution in [3.05, 3.63) is 75.1 Å². The fraction of sp³-hybridized carbons (Fsp3) is 0.167. The van der Waals surface area contributed by atoms with Gasteiger partial charge in [-0.2, -0.15) is 11.3 Å². The molecule has 2 N–H and O–H groups in total. The summed E-state index contributed by atoms with van der Waals surface area (Å²) in [5.41, 5.74) is 1.10. The number of nitrogens with one attached hydrogen (secondary N) is 2. The second-order valence-electron chi connectivity index (χ2n) is 5.07. The van der Waals surface area contributed by atoms with Crippen molar-refractivity contribution in [1.29, 1.82) is 0 Å². The lowest BCUT2D eigenvalue weighted by atomic mass is 10.1. The van der Waals surface area contributed by atoms with Gasteiger partial charge in [-0.15, -0.1) is 11.3 Å². The fourth-order valence-corrected chi connectivity index (χ4v) is 3.73. The van der Waals surface area contributed by atoms with E-state index in [2.05, 4.69) is 16.0 Å². The van der Waals surface area contributed by atoms with E-state index >= 15 is 0 Å². The number of benzene rings is 1. The molecule has 1 aromatic carbocycles. The quantitative estimate of drug-likeness (QED) is 0.620. The summed E-state index contributed by atoms with van der Waals surface area (Å²) in [5, 5.41) is 12.0. The van der Waals surface area contributed by atoms with Gasteiger partial charge in [-0.3, -0.25) is 0 Å². The molecule has 24 heavy (non-hydrogen) atoms. The lowest BCUT2D eigenvalue weighted by Crippen LogP contribution is -2.39. The van der Waals surface area contributed by atoms with Gasteiger partial charge in [-0.25, -0.2) is 4.79 Å². The minimum Gasteiger partial charge on any atom is -0.492 e. The first kappa shape index (κ1) is 16.5. The van der Waals surface area contributed by atoms with Crippen LogP contribution in [0.15, 0.2) is 64.7 Å². The van der Waals surface area contributed by atoms with Gasteiger partial charge in [-0.1, -0.05) is 24.3 Å². The van der Waals surface area contributed by atoms with E-state index in [0.717, 1.165) is 16.2 Å². The third kappa shape index (κ3) is 4.59. The highest BCUT2D eigenvalue weighted by Gasteiger charge is 2.17. The zero-order valence-electron chi connectivity index (χ0n) is 13.0. The predicted octanol–water partition coefficient (Wildman–Crippen LogP) is 4.28. The number of carbonyl (C=O) groups is 1. The van der Waals surface area contributed by atoms with Crippen LogP contribution in [0.4, 0.5) is 4.79 Å². The summed E-state index contributed by atoms with van der Waals surface area (Å²) in [6.07, 6.45) is 0. The standard InChI is InChI=1S/C18H18N2O2S2/c21-18(19-9-10-22-15-5-2-1-3-6-15)20-17(14-8-12-23-13-14)16-7-4-11-24-16/h1-8,11-13,17H,9-10H2,(H2,19,20,21)/t17-/m0/s1. The van der Waals surface area contributed by atoms with Crippen molar-refractivity contribution in [2.75, 3.05) is 13.2 Å². The molecule has 4 nitrogen and oxygen atoms in total. The smallest absolute Gasteiger partial charge is 0.315 e. The van der Waals surface area contributed by atoms with E-state index in [1.165, 1.54) is 0 Å². The number of hydrogen-bond acceptors (Lipinski definition) is 4. The van der Waals surface area contributed by atoms with Crippen molar-refractivity contribution in [3.8, 4) is 5.75 Å². The summed E-state index contributed by atoms with van der Waals surface area (Å²) >= 11 is 3.26. The van der Waals surface area contributed by atoms with Gasteiger partial charge in [-0.05, 0) is 46.0 Å². The minimum atomic E-state index is -0.198. The lowest BCUT2D eigenvalue weighted by Gasteiger charge is -2.17. The van der Waals surface area contributed by atoms with Crippen LogP contribution in [0.5, 0.6) is 5.75 Å². The third-order valence-corrected chi connectivity index (χ3v) is 5.02. The van der Waals surface area contributed by atoms with Crippen molar-refractivity contribution in [2.24, 2.45) is 0 Å².